The normalized spacial score (nSPS) is 9.50. The molecule has 0 saturated heterocycles. The Bertz CT molecular complexity index is 372. The Kier molecular flexibility index (Phi) is 5.44. The number of thiol groups is 1. The van der Waals surface area contributed by atoms with E-state index in [1.165, 1.54) is 0 Å². The second kappa shape index (κ2) is 6.91. The number of hydrogen-bond acceptors (Lipinski definition) is 3. The van der Waals surface area contributed by atoms with Crippen LogP contribution in [0.1, 0.15) is 12.8 Å². The molecule has 0 fully saturated rings. The van der Waals surface area contributed by atoms with Crippen LogP contribution in [0.2, 0.25) is 0 Å². The maximum atomic E-state index is 11.8. The number of nitriles is 1. The van der Waals surface area contributed by atoms with Gasteiger partial charge in [-0.2, -0.15) is 17.9 Å². The number of nitrogens with zero attached hydrogens (tertiary/aromatic N) is 2. The van der Waals surface area contributed by atoms with Gasteiger partial charge in [-0.1, -0.05) is 18.2 Å². The highest BCUT2D eigenvalue weighted by Crippen LogP contribution is 2.14. The molecule has 1 rings (SSSR count). The Labute approximate surface area is 101 Å². The van der Waals surface area contributed by atoms with Crippen molar-refractivity contribution in [3.8, 4) is 6.07 Å². The van der Waals surface area contributed by atoms with Crippen molar-refractivity contribution in [2.45, 2.75) is 12.8 Å². The highest BCUT2D eigenvalue weighted by atomic mass is 32.1. The average molecular weight is 234 g/mol. The van der Waals surface area contributed by atoms with Crippen LogP contribution in [0.3, 0.4) is 0 Å². The molecule has 1 aromatic carbocycles. The molecule has 0 heterocycles. The van der Waals surface area contributed by atoms with Crippen LogP contribution >= 0.6 is 12.6 Å². The van der Waals surface area contributed by atoms with E-state index < -0.39 is 0 Å². The maximum Gasteiger partial charge on any atom is 0.227 e. The third kappa shape index (κ3) is 3.59. The molecule has 0 aliphatic heterocycles. The molecule has 0 atom stereocenters. The Hall–Kier alpha value is -1.47. The van der Waals surface area contributed by atoms with Crippen molar-refractivity contribution in [2.75, 3.05) is 17.2 Å². The first-order valence-corrected chi connectivity index (χ1v) is 5.76. The summed E-state index contributed by atoms with van der Waals surface area (Å²) in [6.07, 6.45) is 0.733. The molecule has 0 aromatic heterocycles. The van der Waals surface area contributed by atoms with Crippen molar-refractivity contribution in [3.05, 3.63) is 30.3 Å². The summed E-state index contributed by atoms with van der Waals surface area (Å²) in [5, 5.41) is 8.57. The molecule has 0 radical (unpaired) electrons. The van der Waals surface area contributed by atoms with Crippen LogP contribution in [0.4, 0.5) is 5.69 Å². The second-order valence-corrected chi connectivity index (χ2v) is 3.71. The molecule has 0 unspecified atom stereocenters. The number of para-hydroxylation sites is 1. The van der Waals surface area contributed by atoms with E-state index in [2.05, 4.69) is 18.7 Å². The van der Waals surface area contributed by atoms with E-state index >= 15 is 0 Å². The number of hydrogen-bond donors (Lipinski definition) is 1. The first-order valence-electron chi connectivity index (χ1n) is 5.13. The van der Waals surface area contributed by atoms with Gasteiger partial charge < -0.3 is 4.90 Å². The summed E-state index contributed by atoms with van der Waals surface area (Å²) in [4.78, 5) is 13.5. The van der Waals surface area contributed by atoms with Crippen molar-refractivity contribution in [3.63, 3.8) is 0 Å². The molecule has 3 nitrogen and oxygen atoms in total. The van der Waals surface area contributed by atoms with Crippen LogP contribution in [0.15, 0.2) is 30.3 Å². The first-order chi connectivity index (χ1) is 7.79. The molecule has 4 heteroatoms. The second-order valence-electron chi connectivity index (χ2n) is 3.26. The molecule has 1 aromatic rings. The van der Waals surface area contributed by atoms with Gasteiger partial charge in [-0.15, -0.1) is 0 Å². The molecule has 0 saturated carbocycles. The van der Waals surface area contributed by atoms with Crippen LogP contribution in [0.5, 0.6) is 0 Å². The molecular formula is C12H14N2OS. The molecule has 0 aliphatic carbocycles. The summed E-state index contributed by atoms with van der Waals surface area (Å²) in [5.74, 6) is 0.533. The highest BCUT2D eigenvalue weighted by molar-refractivity contribution is 7.80. The molecule has 1 amide bonds. The van der Waals surface area contributed by atoms with Gasteiger partial charge in [-0.05, 0) is 17.9 Å². The number of rotatable bonds is 5. The Balaban J connectivity index is 2.79. The lowest BCUT2D eigenvalue weighted by molar-refractivity contribution is -0.118. The summed E-state index contributed by atoms with van der Waals surface area (Å²) >= 11 is 4.05. The summed E-state index contributed by atoms with van der Waals surface area (Å²) in [5.41, 5.74) is 0.838. The number of benzene rings is 1. The predicted molar refractivity (Wildman–Crippen MR) is 67.5 cm³/mol. The average Bonchev–Trinajstić information content (AvgIpc) is 2.31. The van der Waals surface area contributed by atoms with Gasteiger partial charge in [0.05, 0.1) is 12.5 Å². The van der Waals surface area contributed by atoms with Crippen LogP contribution < -0.4 is 4.90 Å². The minimum absolute atomic E-state index is 0.0106. The molecule has 0 N–H and O–H groups in total. The fourth-order valence-electron chi connectivity index (χ4n) is 1.40. The van der Waals surface area contributed by atoms with E-state index in [0.717, 1.165) is 5.69 Å². The van der Waals surface area contributed by atoms with E-state index in [0.29, 0.717) is 25.1 Å². The van der Waals surface area contributed by atoms with Crippen molar-refractivity contribution in [1.82, 2.24) is 0 Å². The molecule has 84 valence electrons. The molecule has 0 spiro atoms. The molecular weight excluding hydrogens is 220 g/mol. The van der Waals surface area contributed by atoms with Gasteiger partial charge in [0.1, 0.15) is 0 Å². The first kappa shape index (κ1) is 12.6. The summed E-state index contributed by atoms with van der Waals surface area (Å²) in [6, 6.07) is 11.4. The third-order valence-corrected chi connectivity index (χ3v) is 2.37. The summed E-state index contributed by atoms with van der Waals surface area (Å²) in [7, 11) is 0. The van der Waals surface area contributed by atoms with Crippen LogP contribution in [-0.2, 0) is 4.79 Å². The van der Waals surface area contributed by atoms with Crippen LogP contribution in [0.25, 0.3) is 0 Å². The van der Waals surface area contributed by atoms with Gasteiger partial charge in [0.25, 0.3) is 0 Å². The van der Waals surface area contributed by atoms with Gasteiger partial charge in [0.2, 0.25) is 5.91 Å². The Morgan fingerprint density at radius 2 is 2.06 bits per heavy atom. The highest BCUT2D eigenvalue weighted by Gasteiger charge is 2.13. The molecule has 0 aliphatic rings. The lowest BCUT2D eigenvalue weighted by atomic mass is 10.2. The van der Waals surface area contributed by atoms with Crippen molar-refractivity contribution in [2.24, 2.45) is 0 Å². The lowest BCUT2D eigenvalue weighted by Crippen LogP contribution is -2.31. The topological polar surface area (TPSA) is 44.1 Å². The standard InChI is InChI=1S/C12H14N2OS/c13-8-4-9-14(12(15)7-10-16)11-5-2-1-3-6-11/h1-3,5-6,16H,4,7,9-10H2. The quantitative estimate of drug-likeness (QED) is 0.794. The van der Waals surface area contributed by atoms with E-state index in [1.807, 2.05) is 30.3 Å². The van der Waals surface area contributed by atoms with E-state index in [4.69, 9.17) is 5.26 Å². The zero-order valence-electron chi connectivity index (χ0n) is 8.97. The van der Waals surface area contributed by atoms with Gasteiger partial charge in [-0.3, -0.25) is 4.79 Å². The summed E-state index contributed by atoms with van der Waals surface area (Å²) < 4.78 is 0. The zero-order chi connectivity index (χ0) is 11.8. The molecule has 0 bridgehead atoms. The van der Waals surface area contributed by atoms with E-state index in [9.17, 15) is 4.79 Å². The minimum atomic E-state index is 0.0106. The SMILES string of the molecule is N#CCCN(C(=O)CCS)c1ccccc1. The van der Waals surface area contributed by atoms with Gasteiger partial charge in [0, 0.05) is 18.7 Å². The summed E-state index contributed by atoms with van der Waals surface area (Å²) in [6.45, 7) is 0.438. The molecule has 16 heavy (non-hydrogen) atoms. The van der Waals surface area contributed by atoms with Gasteiger partial charge in [0.15, 0.2) is 0 Å². The number of amides is 1. The largest absolute Gasteiger partial charge is 0.311 e. The van der Waals surface area contributed by atoms with E-state index in [-0.39, 0.29) is 5.91 Å². The fourth-order valence-corrected chi connectivity index (χ4v) is 1.59. The minimum Gasteiger partial charge on any atom is -0.311 e. The van der Waals surface area contributed by atoms with Gasteiger partial charge >= 0.3 is 0 Å². The lowest BCUT2D eigenvalue weighted by Gasteiger charge is -2.21. The van der Waals surface area contributed by atoms with Crippen molar-refractivity contribution in [1.29, 1.82) is 5.26 Å². The monoisotopic (exact) mass is 234 g/mol. The maximum absolute atomic E-state index is 11.8. The van der Waals surface area contributed by atoms with Crippen molar-refractivity contribution >= 4 is 24.2 Å². The predicted octanol–water partition coefficient (Wildman–Crippen LogP) is 2.25. The van der Waals surface area contributed by atoms with Crippen LogP contribution in [0, 0.1) is 11.3 Å². The van der Waals surface area contributed by atoms with Crippen molar-refractivity contribution < 1.29 is 4.79 Å². The number of carbonyl (C=O) groups excluding carboxylic acids is 1. The zero-order valence-corrected chi connectivity index (χ0v) is 9.86. The van der Waals surface area contributed by atoms with E-state index in [1.54, 1.807) is 4.90 Å². The number of carbonyl (C=O) groups is 1. The Morgan fingerprint density at radius 1 is 1.38 bits per heavy atom. The fraction of sp³-hybridized carbons (Fsp3) is 0.333. The van der Waals surface area contributed by atoms with Crippen LogP contribution in [-0.4, -0.2) is 18.2 Å². The van der Waals surface area contributed by atoms with Gasteiger partial charge in [-0.25, -0.2) is 0 Å². The smallest absolute Gasteiger partial charge is 0.227 e. The third-order valence-electron chi connectivity index (χ3n) is 2.14. The Morgan fingerprint density at radius 3 is 2.62 bits per heavy atom. The number of anilines is 1.